The lowest BCUT2D eigenvalue weighted by molar-refractivity contribution is 0.414. The average molecular weight is 304 g/mol. The molecule has 0 aliphatic rings. The smallest absolute Gasteiger partial charge is 0.124 e. The predicted molar refractivity (Wildman–Crippen MR) is 87.6 cm³/mol. The number of rotatable bonds is 5. The summed E-state index contributed by atoms with van der Waals surface area (Å²) in [7, 11) is 3.59. The summed E-state index contributed by atoms with van der Waals surface area (Å²) in [5, 5.41) is 8.29. The molecular weight excluding hydrogens is 286 g/mol. The summed E-state index contributed by atoms with van der Waals surface area (Å²) in [4.78, 5) is 2.02. The van der Waals surface area contributed by atoms with Crippen LogP contribution >= 0.6 is 11.6 Å². The van der Waals surface area contributed by atoms with Crippen LogP contribution in [0.15, 0.2) is 42.5 Å². The fraction of sp³-hybridized carbons (Fsp3) is 0.188. The maximum absolute atomic E-state index is 7.66. The first kappa shape index (κ1) is 15.2. The van der Waals surface area contributed by atoms with Crippen molar-refractivity contribution in [3.63, 3.8) is 0 Å². The molecule has 4 nitrogen and oxygen atoms in total. The van der Waals surface area contributed by atoms with Crippen LogP contribution in [0.25, 0.3) is 0 Å². The molecule has 21 heavy (non-hydrogen) atoms. The van der Waals surface area contributed by atoms with Crippen molar-refractivity contribution in [2.24, 2.45) is 5.73 Å². The molecular formula is C16H18ClN3O. The molecule has 110 valence electrons. The Kier molecular flexibility index (Phi) is 4.70. The van der Waals surface area contributed by atoms with Gasteiger partial charge >= 0.3 is 0 Å². The summed E-state index contributed by atoms with van der Waals surface area (Å²) in [5.74, 6) is 0.858. The normalized spacial score (nSPS) is 10.2. The first-order chi connectivity index (χ1) is 10.0. The Balaban J connectivity index is 2.24. The van der Waals surface area contributed by atoms with Crippen molar-refractivity contribution in [3.8, 4) is 5.75 Å². The van der Waals surface area contributed by atoms with Crippen molar-refractivity contribution in [2.75, 3.05) is 19.1 Å². The predicted octanol–water partition coefficient (Wildman–Crippen LogP) is 3.27. The molecule has 0 unspecified atom stereocenters. The number of nitrogens with two attached hydrogens (primary N) is 1. The molecule has 0 amide bonds. The third-order valence-electron chi connectivity index (χ3n) is 3.24. The van der Waals surface area contributed by atoms with Gasteiger partial charge in [0.1, 0.15) is 11.6 Å². The van der Waals surface area contributed by atoms with Crippen molar-refractivity contribution in [1.82, 2.24) is 0 Å². The van der Waals surface area contributed by atoms with E-state index in [0.29, 0.717) is 17.1 Å². The van der Waals surface area contributed by atoms with Crippen LogP contribution in [0.1, 0.15) is 11.1 Å². The molecule has 0 heterocycles. The summed E-state index contributed by atoms with van der Waals surface area (Å²) in [5.41, 5.74) is 8.28. The van der Waals surface area contributed by atoms with Gasteiger partial charge < -0.3 is 15.4 Å². The van der Waals surface area contributed by atoms with Crippen LogP contribution in [0.2, 0.25) is 5.02 Å². The van der Waals surface area contributed by atoms with Gasteiger partial charge in [-0.05, 0) is 35.9 Å². The number of amidine groups is 1. The van der Waals surface area contributed by atoms with Crippen LogP contribution in [0.5, 0.6) is 5.75 Å². The Morgan fingerprint density at radius 2 is 1.90 bits per heavy atom. The SMILES string of the molecule is COc1ccc(CN(C)c2cc(Cl)ccc2C(=N)N)cc1. The highest BCUT2D eigenvalue weighted by atomic mass is 35.5. The van der Waals surface area contributed by atoms with Crippen LogP contribution < -0.4 is 15.4 Å². The van der Waals surface area contributed by atoms with Gasteiger partial charge in [-0.25, -0.2) is 0 Å². The molecule has 2 aromatic rings. The van der Waals surface area contributed by atoms with Crippen molar-refractivity contribution in [1.29, 1.82) is 5.41 Å². The standard InChI is InChI=1S/C16H18ClN3O/c1-20(10-11-3-6-13(21-2)7-4-11)15-9-12(17)5-8-14(15)16(18)19/h3-9H,10H2,1-2H3,(H3,18,19). The van der Waals surface area contributed by atoms with Crippen molar-refractivity contribution in [2.45, 2.75) is 6.54 Å². The average Bonchev–Trinajstić information content (AvgIpc) is 2.47. The molecule has 0 aromatic heterocycles. The maximum Gasteiger partial charge on any atom is 0.124 e. The van der Waals surface area contributed by atoms with Gasteiger partial charge in [0, 0.05) is 29.9 Å². The number of methoxy groups -OCH3 is 1. The number of anilines is 1. The molecule has 0 spiro atoms. The Morgan fingerprint density at radius 3 is 2.48 bits per heavy atom. The summed E-state index contributed by atoms with van der Waals surface area (Å²) < 4.78 is 5.15. The van der Waals surface area contributed by atoms with E-state index in [-0.39, 0.29) is 5.84 Å². The van der Waals surface area contributed by atoms with Crippen LogP contribution in [-0.2, 0) is 6.54 Å². The monoisotopic (exact) mass is 303 g/mol. The summed E-state index contributed by atoms with van der Waals surface area (Å²) >= 11 is 6.05. The number of halogens is 1. The van der Waals surface area contributed by atoms with E-state index in [4.69, 9.17) is 27.5 Å². The number of ether oxygens (including phenoxy) is 1. The van der Waals surface area contributed by atoms with Gasteiger partial charge in [-0.15, -0.1) is 0 Å². The second-order valence-corrected chi connectivity index (χ2v) is 5.22. The second kappa shape index (κ2) is 6.50. The Morgan fingerprint density at radius 1 is 1.24 bits per heavy atom. The fourth-order valence-electron chi connectivity index (χ4n) is 2.14. The third kappa shape index (κ3) is 3.67. The fourth-order valence-corrected chi connectivity index (χ4v) is 2.30. The quantitative estimate of drug-likeness (QED) is 0.658. The number of hydrogen-bond donors (Lipinski definition) is 2. The minimum Gasteiger partial charge on any atom is -0.497 e. The first-order valence-electron chi connectivity index (χ1n) is 6.49. The van der Waals surface area contributed by atoms with E-state index in [1.165, 1.54) is 0 Å². The zero-order valence-corrected chi connectivity index (χ0v) is 12.8. The van der Waals surface area contributed by atoms with E-state index < -0.39 is 0 Å². The molecule has 0 saturated carbocycles. The highest BCUT2D eigenvalue weighted by Crippen LogP contribution is 2.25. The Labute approximate surface area is 129 Å². The van der Waals surface area contributed by atoms with Crippen molar-refractivity contribution in [3.05, 3.63) is 58.6 Å². The zero-order chi connectivity index (χ0) is 15.4. The molecule has 2 aromatic carbocycles. The van der Waals surface area contributed by atoms with Gasteiger partial charge in [0.2, 0.25) is 0 Å². The number of nitrogen functional groups attached to an aromatic ring is 1. The van der Waals surface area contributed by atoms with Gasteiger partial charge in [-0.2, -0.15) is 0 Å². The molecule has 3 N–H and O–H groups in total. The lowest BCUT2D eigenvalue weighted by Crippen LogP contribution is -2.22. The summed E-state index contributed by atoms with van der Waals surface area (Å²) in [6.45, 7) is 0.685. The van der Waals surface area contributed by atoms with Gasteiger partial charge in [-0.3, -0.25) is 5.41 Å². The number of benzene rings is 2. The molecule has 0 bridgehead atoms. The first-order valence-corrected chi connectivity index (χ1v) is 6.87. The molecule has 0 radical (unpaired) electrons. The Hall–Kier alpha value is -2.20. The number of nitrogens with one attached hydrogen (secondary N) is 1. The van der Waals surface area contributed by atoms with Crippen LogP contribution in [0.4, 0.5) is 5.69 Å². The number of hydrogen-bond acceptors (Lipinski definition) is 3. The minimum atomic E-state index is 0.0308. The van der Waals surface area contributed by atoms with E-state index in [2.05, 4.69) is 0 Å². The van der Waals surface area contributed by atoms with E-state index in [1.807, 2.05) is 42.3 Å². The van der Waals surface area contributed by atoms with Gasteiger partial charge in [0.15, 0.2) is 0 Å². The Bertz CT molecular complexity index is 640. The highest BCUT2D eigenvalue weighted by Gasteiger charge is 2.11. The molecule has 0 atom stereocenters. The summed E-state index contributed by atoms with van der Waals surface area (Å²) in [6, 6.07) is 13.2. The topological polar surface area (TPSA) is 62.3 Å². The maximum atomic E-state index is 7.66. The highest BCUT2D eigenvalue weighted by molar-refractivity contribution is 6.31. The molecule has 2 rings (SSSR count). The lowest BCUT2D eigenvalue weighted by atomic mass is 10.1. The van der Waals surface area contributed by atoms with Gasteiger partial charge in [-0.1, -0.05) is 23.7 Å². The molecule has 0 aliphatic heterocycles. The number of nitrogens with zero attached hydrogens (tertiary/aromatic N) is 1. The van der Waals surface area contributed by atoms with E-state index in [0.717, 1.165) is 17.0 Å². The van der Waals surface area contributed by atoms with Crippen molar-refractivity contribution >= 4 is 23.1 Å². The molecule has 5 heteroatoms. The molecule has 0 fully saturated rings. The third-order valence-corrected chi connectivity index (χ3v) is 3.48. The largest absolute Gasteiger partial charge is 0.497 e. The summed E-state index contributed by atoms with van der Waals surface area (Å²) in [6.07, 6.45) is 0. The minimum absolute atomic E-state index is 0.0308. The van der Waals surface area contributed by atoms with Gasteiger partial charge in [0.05, 0.1) is 7.11 Å². The molecule has 0 saturated heterocycles. The van der Waals surface area contributed by atoms with E-state index in [9.17, 15) is 0 Å². The van der Waals surface area contributed by atoms with Crippen molar-refractivity contribution < 1.29 is 4.74 Å². The second-order valence-electron chi connectivity index (χ2n) is 4.78. The van der Waals surface area contributed by atoms with Gasteiger partial charge in [0.25, 0.3) is 0 Å². The van der Waals surface area contributed by atoms with Crippen LogP contribution in [0, 0.1) is 5.41 Å². The van der Waals surface area contributed by atoms with Crippen LogP contribution in [-0.4, -0.2) is 20.0 Å². The zero-order valence-electron chi connectivity index (χ0n) is 12.1. The lowest BCUT2D eigenvalue weighted by Gasteiger charge is -2.22. The molecule has 0 aliphatic carbocycles. The van der Waals surface area contributed by atoms with Crippen LogP contribution in [0.3, 0.4) is 0 Å². The van der Waals surface area contributed by atoms with E-state index >= 15 is 0 Å². The van der Waals surface area contributed by atoms with E-state index in [1.54, 1.807) is 19.2 Å².